The number of ether oxygens (including phenoxy) is 4. The molecule has 28 heavy (non-hydrogen) atoms. The van der Waals surface area contributed by atoms with E-state index in [4.69, 9.17) is 31.2 Å². The van der Waals surface area contributed by atoms with Gasteiger partial charge in [0.1, 0.15) is 23.0 Å². The summed E-state index contributed by atoms with van der Waals surface area (Å²) in [4.78, 5) is 0. The second-order valence-electron chi connectivity index (χ2n) is 5.55. The molecule has 0 unspecified atom stereocenters. The van der Waals surface area contributed by atoms with Crippen molar-refractivity contribution in [2.24, 2.45) is 5.10 Å². The lowest BCUT2D eigenvalue weighted by atomic mass is 10.2. The average molecular weight is 400 g/mol. The Kier molecular flexibility index (Phi) is 5.95. The Morgan fingerprint density at radius 1 is 0.964 bits per heavy atom. The first-order valence-corrected chi connectivity index (χ1v) is 8.69. The van der Waals surface area contributed by atoms with E-state index in [0.29, 0.717) is 39.2 Å². The van der Waals surface area contributed by atoms with Gasteiger partial charge >= 0.3 is 0 Å². The molecule has 0 spiro atoms. The summed E-state index contributed by atoms with van der Waals surface area (Å²) in [6.07, 6.45) is 1.60. The number of H-pyrrole nitrogens is 1. The Morgan fingerprint density at radius 3 is 2.21 bits per heavy atom. The van der Waals surface area contributed by atoms with Crippen LogP contribution in [0.25, 0.3) is 11.4 Å². The summed E-state index contributed by atoms with van der Waals surface area (Å²) >= 11 is 5.34. The van der Waals surface area contributed by atoms with E-state index in [1.807, 2.05) is 24.3 Å². The highest BCUT2D eigenvalue weighted by Gasteiger charge is 2.15. The quantitative estimate of drug-likeness (QED) is 0.483. The van der Waals surface area contributed by atoms with Crippen LogP contribution in [0.15, 0.2) is 41.5 Å². The summed E-state index contributed by atoms with van der Waals surface area (Å²) in [7, 11) is 6.30. The zero-order chi connectivity index (χ0) is 20.1. The molecule has 1 heterocycles. The molecule has 9 heteroatoms. The van der Waals surface area contributed by atoms with Crippen molar-refractivity contribution in [1.82, 2.24) is 14.9 Å². The van der Waals surface area contributed by atoms with Crippen LogP contribution in [0.4, 0.5) is 0 Å². The Morgan fingerprint density at radius 2 is 1.61 bits per heavy atom. The summed E-state index contributed by atoms with van der Waals surface area (Å²) in [6.45, 7) is 0. The standard InChI is InChI=1S/C19H20N4O4S/c1-24-12-9-16(26-3)14(17(10-12)27-4)11-20-23-18(21-22-19(23)28)13-7-5-6-8-15(13)25-2/h5-11H,1-4H3,(H,22,28)/b20-11+. The van der Waals surface area contributed by atoms with Gasteiger partial charge in [-0.25, -0.2) is 5.10 Å². The molecule has 0 aliphatic carbocycles. The minimum absolute atomic E-state index is 0.337. The fourth-order valence-corrected chi connectivity index (χ4v) is 2.86. The second-order valence-corrected chi connectivity index (χ2v) is 5.94. The zero-order valence-electron chi connectivity index (χ0n) is 15.9. The fraction of sp³-hybridized carbons (Fsp3) is 0.211. The third-order valence-electron chi connectivity index (χ3n) is 4.05. The molecule has 0 aliphatic heterocycles. The van der Waals surface area contributed by atoms with E-state index < -0.39 is 0 Å². The minimum atomic E-state index is 0.337. The van der Waals surface area contributed by atoms with Crippen LogP contribution in [0, 0.1) is 4.77 Å². The van der Waals surface area contributed by atoms with Crippen molar-refractivity contribution in [2.75, 3.05) is 28.4 Å². The van der Waals surface area contributed by atoms with Gasteiger partial charge in [0.05, 0.1) is 45.8 Å². The summed E-state index contributed by atoms with van der Waals surface area (Å²) < 4.78 is 23.4. The zero-order valence-corrected chi connectivity index (χ0v) is 16.7. The van der Waals surface area contributed by atoms with Crippen molar-refractivity contribution in [2.45, 2.75) is 0 Å². The van der Waals surface area contributed by atoms with E-state index >= 15 is 0 Å². The maximum absolute atomic E-state index is 5.45. The molecular weight excluding hydrogens is 380 g/mol. The van der Waals surface area contributed by atoms with Crippen LogP contribution in [0.2, 0.25) is 0 Å². The largest absolute Gasteiger partial charge is 0.496 e. The number of rotatable bonds is 7. The third kappa shape index (κ3) is 3.70. The molecular formula is C19H20N4O4S. The lowest BCUT2D eigenvalue weighted by Crippen LogP contribution is -2.00. The summed E-state index contributed by atoms with van der Waals surface area (Å²) in [5.74, 6) is 2.89. The molecule has 146 valence electrons. The molecule has 0 atom stereocenters. The number of benzene rings is 2. The molecule has 0 radical (unpaired) electrons. The minimum Gasteiger partial charge on any atom is -0.496 e. The number of methoxy groups -OCH3 is 4. The van der Waals surface area contributed by atoms with Crippen molar-refractivity contribution < 1.29 is 18.9 Å². The molecule has 3 rings (SSSR count). The van der Waals surface area contributed by atoms with Gasteiger partial charge in [-0.2, -0.15) is 14.9 Å². The van der Waals surface area contributed by atoms with Crippen LogP contribution >= 0.6 is 12.2 Å². The van der Waals surface area contributed by atoms with Crippen LogP contribution in [-0.2, 0) is 0 Å². The molecule has 1 N–H and O–H groups in total. The predicted octanol–water partition coefficient (Wildman–Crippen LogP) is 3.52. The van der Waals surface area contributed by atoms with Crippen molar-refractivity contribution in [3.05, 3.63) is 46.7 Å². The van der Waals surface area contributed by atoms with Crippen LogP contribution in [0.3, 0.4) is 0 Å². The summed E-state index contributed by atoms with van der Waals surface area (Å²) in [5.41, 5.74) is 1.39. The van der Waals surface area contributed by atoms with Crippen molar-refractivity contribution in [3.8, 4) is 34.4 Å². The molecule has 0 fully saturated rings. The topological polar surface area (TPSA) is 82.9 Å². The molecule has 8 nitrogen and oxygen atoms in total. The van der Waals surface area contributed by atoms with E-state index in [1.165, 1.54) is 4.68 Å². The van der Waals surface area contributed by atoms with E-state index in [2.05, 4.69) is 15.3 Å². The van der Waals surface area contributed by atoms with Gasteiger partial charge in [-0.05, 0) is 24.4 Å². The first kappa shape index (κ1) is 19.4. The summed E-state index contributed by atoms with van der Waals surface area (Å²) in [6, 6.07) is 11.0. The molecule has 0 saturated heterocycles. The maximum Gasteiger partial charge on any atom is 0.216 e. The number of aromatic amines is 1. The van der Waals surface area contributed by atoms with Gasteiger partial charge in [0.25, 0.3) is 0 Å². The van der Waals surface area contributed by atoms with E-state index in [1.54, 1.807) is 46.8 Å². The third-order valence-corrected chi connectivity index (χ3v) is 4.32. The van der Waals surface area contributed by atoms with Crippen LogP contribution in [-0.4, -0.2) is 49.5 Å². The number of hydrogen-bond acceptors (Lipinski definition) is 7. The highest BCUT2D eigenvalue weighted by atomic mass is 32.1. The predicted molar refractivity (Wildman–Crippen MR) is 108 cm³/mol. The first-order valence-electron chi connectivity index (χ1n) is 8.28. The first-order chi connectivity index (χ1) is 13.6. The van der Waals surface area contributed by atoms with E-state index in [-0.39, 0.29) is 0 Å². The molecule has 0 bridgehead atoms. The normalized spacial score (nSPS) is 10.9. The molecule has 1 aromatic heterocycles. The number of para-hydroxylation sites is 1. The Labute approximate surface area is 167 Å². The van der Waals surface area contributed by atoms with Crippen LogP contribution in [0.1, 0.15) is 5.56 Å². The Balaban J connectivity index is 2.10. The monoisotopic (exact) mass is 400 g/mol. The van der Waals surface area contributed by atoms with Gasteiger partial charge in [-0.3, -0.25) is 0 Å². The second kappa shape index (κ2) is 8.57. The Bertz CT molecular complexity index is 1030. The van der Waals surface area contributed by atoms with E-state index in [0.717, 1.165) is 5.56 Å². The number of hydrogen-bond donors (Lipinski definition) is 1. The molecule has 0 aliphatic rings. The number of nitrogens with one attached hydrogen (secondary N) is 1. The molecule has 3 aromatic rings. The molecule has 2 aromatic carbocycles. The van der Waals surface area contributed by atoms with Gasteiger partial charge < -0.3 is 18.9 Å². The maximum atomic E-state index is 5.45. The van der Waals surface area contributed by atoms with E-state index in [9.17, 15) is 0 Å². The van der Waals surface area contributed by atoms with Gasteiger partial charge in [0.2, 0.25) is 4.77 Å². The fourth-order valence-electron chi connectivity index (χ4n) is 2.68. The van der Waals surface area contributed by atoms with Gasteiger partial charge in [0.15, 0.2) is 5.82 Å². The van der Waals surface area contributed by atoms with Crippen LogP contribution < -0.4 is 18.9 Å². The average Bonchev–Trinajstić information content (AvgIpc) is 3.11. The molecule has 0 saturated carbocycles. The lowest BCUT2D eigenvalue weighted by Gasteiger charge is -2.12. The summed E-state index contributed by atoms with van der Waals surface area (Å²) in [5, 5.41) is 11.5. The van der Waals surface area contributed by atoms with Crippen molar-refractivity contribution >= 4 is 18.4 Å². The highest BCUT2D eigenvalue weighted by molar-refractivity contribution is 7.71. The van der Waals surface area contributed by atoms with Gasteiger partial charge in [0, 0.05) is 12.1 Å². The van der Waals surface area contributed by atoms with Gasteiger partial charge in [-0.15, -0.1) is 0 Å². The smallest absolute Gasteiger partial charge is 0.216 e. The number of aromatic nitrogens is 3. The van der Waals surface area contributed by atoms with Crippen molar-refractivity contribution in [1.29, 1.82) is 0 Å². The highest BCUT2D eigenvalue weighted by Crippen LogP contribution is 2.33. The van der Waals surface area contributed by atoms with Crippen LogP contribution in [0.5, 0.6) is 23.0 Å². The SMILES string of the molecule is COc1cc(OC)c(/C=N/n2c(-c3ccccc3OC)n[nH]c2=S)c(OC)c1. The Hall–Kier alpha value is -3.33. The number of nitrogens with zero attached hydrogens (tertiary/aromatic N) is 3. The molecule has 0 amide bonds. The lowest BCUT2D eigenvalue weighted by molar-refractivity contribution is 0.374. The van der Waals surface area contributed by atoms with Crippen molar-refractivity contribution in [3.63, 3.8) is 0 Å². The van der Waals surface area contributed by atoms with Gasteiger partial charge in [-0.1, -0.05) is 12.1 Å².